The summed E-state index contributed by atoms with van der Waals surface area (Å²) in [4.78, 5) is 0. The molecule has 0 aromatic carbocycles. The SMILES string of the molecule is Nc1nnc(OCC(F)F)s1. The van der Waals surface area contributed by atoms with Crippen LogP contribution in [0.3, 0.4) is 0 Å². The zero-order chi connectivity index (χ0) is 8.27. The van der Waals surface area contributed by atoms with Gasteiger partial charge in [-0.15, -0.1) is 5.10 Å². The molecule has 1 heterocycles. The van der Waals surface area contributed by atoms with Crippen LogP contribution >= 0.6 is 11.3 Å². The van der Waals surface area contributed by atoms with Gasteiger partial charge in [0.2, 0.25) is 5.13 Å². The number of nitrogens with zero attached hydrogens (tertiary/aromatic N) is 2. The Labute approximate surface area is 65.0 Å². The smallest absolute Gasteiger partial charge is 0.295 e. The number of nitrogens with two attached hydrogens (primary N) is 1. The molecule has 0 saturated carbocycles. The molecular weight excluding hydrogens is 176 g/mol. The molecule has 2 N–H and O–H groups in total. The molecule has 0 radical (unpaired) electrons. The van der Waals surface area contributed by atoms with Crippen molar-refractivity contribution in [2.75, 3.05) is 12.3 Å². The van der Waals surface area contributed by atoms with E-state index >= 15 is 0 Å². The lowest BCUT2D eigenvalue weighted by Crippen LogP contribution is -2.06. The first-order valence-electron chi connectivity index (χ1n) is 2.68. The number of rotatable bonds is 3. The Morgan fingerprint density at radius 3 is 2.73 bits per heavy atom. The van der Waals surface area contributed by atoms with Gasteiger partial charge in [-0.2, -0.15) is 0 Å². The molecule has 11 heavy (non-hydrogen) atoms. The average molecular weight is 181 g/mol. The first kappa shape index (κ1) is 8.12. The lowest BCUT2D eigenvalue weighted by molar-refractivity contribution is 0.0814. The maximum atomic E-state index is 11.5. The second kappa shape index (κ2) is 3.42. The zero-order valence-electron chi connectivity index (χ0n) is 5.33. The molecule has 0 fully saturated rings. The van der Waals surface area contributed by atoms with Crippen molar-refractivity contribution < 1.29 is 13.5 Å². The highest BCUT2D eigenvalue weighted by molar-refractivity contribution is 7.16. The Hall–Kier alpha value is -0.980. The summed E-state index contributed by atoms with van der Waals surface area (Å²) < 4.78 is 27.6. The largest absolute Gasteiger partial charge is 0.463 e. The fourth-order valence-electron chi connectivity index (χ4n) is 0.413. The number of halogens is 2. The fourth-order valence-corrected chi connectivity index (χ4v) is 0.882. The molecule has 62 valence electrons. The second-order valence-electron chi connectivity index (χ2n) is 1.61. The average Bonchev–Trinajstić information content (AvgIpc) is 2.31. The third-order valence-electron chi connectivity index (χ3n) is 0.755. The highest BCUT2D eigenvalue weighted by Crippen LogP contribution is 2.19. The van der Waals surface area contributed by atoms with Gasteiger partial charge >= 0.3 is 0 Å². The molecule has 0 aliphatic carbocycles. The minimum absolute atomic E-state index is 0.0720. The maximum Gasteiger partial charge on any atom is 0.295 e. The Morgan fingerprint density at radius 2 is 2.27 bits per heavy atom. The third-order valence-corrected chi connectivity index (χ3v) is 1.42. The van der Waals surface area contributed by atoms with Crippen molar-refractivity contribution in [1.29, 1.82) is 0 Å². The summed E-state index contributed by atoms with van der Waals surface area (Å²) in [7, 11) is 0. The second-order valence-corrected chi connectivity index (χ2v) is 2.58. The zero-order valence-corrected chi connectivity index (χ0v) is 6.15. The number of aromatic nitrogens is 2. The molecule has 0 aliphatic heterocycles. The van der Waals surface area contributed by atoms with E-state index in [0.717, 1.165) is 11.3 Å². The molecule has 0 unspecified atom stereocenters. The summed E-state index contributed by atoms with van der Waals surface area (Å²) >= 11 is 0.930. The summed E-state index contributed by atoms with van der Waals surface area (Å²) in [6.45, 7) is -0.672. The summed E-state index contributed by atoms with van der Waals surface area (Å²) in [6.07, 6.45) is -2.50. The summed E-state index contributed by atoms with van der Waals surface area (Å²) in [5.41, 5.74) is 5.16. The summed E-state index contributed by atoms with van der Waals surface area (Å²) in [5.74, 6) is 0. The Kier molecular flexibility index (Phi) is 2.53. The van der Waals surface area contributed by atoms with Crippen LogP contribution in [0.5, 0.6) is 5.19 Å². The van der Waals surface area contributed by atoms with Gasteiger partial charge in [0, 0.05) is 0 Å². The number of anilines is 1. The Morgan fingerprint density at radius 1 is 1.55 bits per heavy atom. The predicted molar refractivity (Wildman–Crippen MR) is 35.8 cm³/mol. The standard InChI is InChI=1S/C4H5F2N3OS/c5-2(6)1-10-4-9-8-3(7)11-4/h2H,1H2,(H2,7,8). The number of alkyl halides is 2. The van der Waals surface area contributed by atoms with Gasteiger partial charge in [0.25, 0.3) is 11.6 Å². The van der Waals surface area contributed by atoms with Crippen LogP contribution < -0.4 is 10.5 Å². The van der Waals surface area contributed by atoms with E-state index in [1.807, 2.05) is 0 Å². The molecule has 0 aliphatic rings. The highest BCUT2D eigenvalue weighted by atomic mass is 32.1. The molecule has 0 atom stereocenters. The summed E-state index contributed by atoms with van der Waals surface area (Å²) in [5, 5.41) is 7.02. The van der Waals surface area contributed by atoms with Gasteiger partial charge in [-0.25, -0.2) is 8.78 Å². The molecule has 0 spiro atoms. The van der Waals surface area contributed by atoms with Gasteiger partial charge < -0.3 is 10.5 Å². The van der Waals surface area contributed by atoms with E-state index in [4.69, 9.17) is 5.73 Å². The van der Waals surface area contributed by atoms with Crippen molar-refractivity contribution in [3.63, 3.8) is 0 Å². The van der Waals surface area contributed by atoms with Crippen LogP contribution in [-0.4, -0.2) is 23.2 Å². The molecule has 0 bridgehead atoms. The van der Waals surface area contributed by atoms with E-state index < -0.39 is 13.0 Å². The van der Waals surface area contributed by atoms with Crippen LogP contribution in [0.25, 0.3) is 0 Å². The minimum atomic E-state index is -2.50. The normalized spacial score (nSPS) is 10.5. The Balaban J connectivity index is 2.39. The molecule has 1 aromatic rings. The van der Waals surface area contributed by atoms with Gasteiger partial charge in [-0.3, -0.25) is 0 Å². The van der Waals surface area contributed by atoms with Crippen molar-refractivity contribution in [2.24, 2.45) is 0 Å². The van der Waals surface area contributed by atoms with Crippen LogP contribution in [0.15, 0.2) is 0 Å². The monoisotopic (exact) mass is 181 g/mol. The first-order valence-corrected chi connectivity index (χ1v) is 3.50. The molecule has 7 heteroatoms. The summed E-state index contributed by atoms with van der Waals surface area (Å²) in [6, 6.07) is 0. The van der Waals surface area contributed by atoms with Crippen LogP contribution in [0.4, 0.5) is 13.9 Å². The number of nitrogen functional groups attached to an aromatic ring is 1. The van der Waals surface area contributed by atoms with Crippen LogP contribution in [0.2, 0.25) is 0 Å². The van der Waals surface area contributed by atoms with Crippen molar-refractivity contribution >= 4 is 16.5 Å². The van der Waals surface area contributed by atoms with Crippen LogP contribution in [0, 0.1) is 0 Å². The lowest BCUT2D eigenvalue weighted by Gasteiger charge is -1.97. The Bertz CT molecular complexity index is 229. The fraction of sp³-hybridized carbons (Fsp3) is 0.500. The molecule has 0 saturated heterocycles. The van der Waals surface area contributed by atoms with Gasteiger partial charge in [0.1, 0.15) is 0 Å². The molecular formula is C4H5F2N3OS. The van der Waals surface area contributed by atoms with Crippen molar-refractivity contribution in [1.82, 2.24) is 10.2 Å². The molecule has 1 rings (SSSR count). The van der Waals surface area contributed by atoms with E-state index in [2.05, 4.69) is 14.9 Å². The maximum absolute atomic E-state index is 11.5. The van der Waals surface area contributed by atoms with Crippen molar-refractivity contribution in [3.8, 4) is 5.19 Å². The van der Waals surface area contributed by atoms with Crippen LogP contribution in [0.1, 0.15) is 0 Å². The number of hydrogen-bond donors (Lipinski definition) is 1. The third kappa shape index (κ3) is 2.62. The van der Waals surface area contributed by atoms with E-state index in [1.165, 1.54) is 0 Å². The van der Waals surface area contributed by atoms with E-state index in [0.29, 0.717) is 0 Å². The van der Waals surface area contributed by atoms with E-state index in [1.54, 1.807) is 0 Å². The number of hydrogen-bond acceptors (Lipinski definition) is 5. The number of ether oxygens (including phenoxy) is 1. The highest BCUT2D eigenvalue weighted by Gasteiger charge is 2.06. The van der Waals surface area contributed by atoms with Crippen molar-refractivity contribution in [2.45, 2.75) is 6.43 Å². The van der Waals surface area contributed by atoms with E-state index in [-0.39, 0.29) is 10.3 Å². The van der Waals surface area contributed by atoms with Crippen LogP contribution in [-0.2, 0) is 0 Å². The quantitative estimate of drug-likeness (QED) is 0.747. The molecule has 0 amide bonds. The molecule has 4 nitrogen and oxygen atoms in total. The van der Waals surface area contributed by atoms with Gasteiger partial charge in [-0.05, 0) is 11.3 Å². The predicted octanol–water partition coefficient (Wildman–Crippen LogP) is 0.764. The van der Waals surface area contributed by atoms with Gasteiger partial charge in [-0.1, -0.05) is 5.10 Å². The van der Waals surface area contributed by atoms with Gasteiger partial charge in [0.15, 0.2) is 6.61 Å². The first-order chi connectivity index (χ1) is 5.18. The van der Waals surface area contributed by atoms with Crippen molar-refractivity contribution in [3.05, 3.63) is 0 Å². The lowest BCUT2D eigenvalue weighted by atomic mass is 10.8. The van der Waals surface area contributed by atoms with Gasteiger partial charge in [0.05, 0.1) is 0 Å². The molecule has 1 aromatic heterocycles. The van der Waals surface area contributed by atoms with E-state index in [9.17, 15) is 8.78 Å². The minimum Gasteiger partial charge on any atom is -0.463 e. The topological polar surface area (TPSA) is 61.0 Å².